The molecule has 25 heavy (non-hydrogen) atoms. The van der Waals surface area contributed by atoms with Crippen molar-refractivity contribution in [3.8, 4) is 17.0 Å². The first kappa shape index (κ1) is 19.6. The second-order valence-corrected chi connectivity index (χ2v) is 6.60. The molecule has 2 rings (SSSR count). The standard InChI is InChI=1S/C19H23ClN2O2S/c1-3-4-5-7-10-14(2)23-19(25)24-16-13-17(20)21-22-18(16)15-11-8-6-9-12-15/h6,8-9,11-14H,3-5,7,10H2,1-2H3. The molecular weight excluding hydrogens is 356 g/mol. The smallest absolute Gasteiger partial charge is 0.358 e. The van der Waals surface area contributed by atoms with Crippen LogP contribution in [0.5, 0.6) is 5.75 Å². The van der Waals surface area contributed by atoms with Crippen LogP contribution in [-0.2, 0) is 4.74 Å². The third-order valence-electron chi connectivity index (χ3n) is 3.73. The van der Waals surface area contributed by atoms with E-state index >= 15 is 0 Å². The van der Waals surface area contributed by atoms with Crippen LogP contribution in [0.3, 0.4) is 0 Å². The van der Waals surface area contributed by atoms with Crippen LogP contribution >= 0.6 is 23.8 Å². The Morgan fingerprint density at radius 2 is 1.92 bits per heavy atom. The zero-order valence-corrected chi connectivity index (χ0v) is 16.1. The fourth-order valence-corrected chi connectivity index (χ4v) is 2.81. The summed E-state index contributed by atoms with van der Waals surface area (Å²) in [4.78, 5) is 0. The molecule has 0 aliphatic heterocycles. The molecule has 0 N–H and O–H groups in total. The lowest BCUT2D eigenvalue weighted by Crippen LogP contribution is -2.18. The first-order valence-corrected chi connectivity index (χ1v) is 9.36. The van der Waals surface area contributed by atoms with Gasteiger partial charge in [0.05, 0.1) is 0 Å². The van der Waals surface area contributed by atoms with Crippen molar-refractivity contribution >= 4 is 29.1 Å². The van der Waals surface area contributed by atoms with Gasteiger partial charge < -0.3 is 9.47 Å². The lowest BCUT2D eigenvalue weighted by molar-refractivity contribution is 0.160. The molecule has 0 radical (unpaired) electrons. The van der Waals surface area contributed by atoms with Crippen LogP contribution in [0.25, 0.3) is 11.3 Å². The largest absolute Gasteiger partial charge is 0.454 e. The highest BCUT2D eigenvalue weighted by molar-refractivity contribution is 7.79. The van der Waals surface area contributed by atoms with Gasteiger partial charge in [-0.15, -0.1) is 10.2 Å². The maximum Gasteiger partial charge on any atom is 0.358 e. The van der Waals surface area contributed by atoms with Crippen molar-refractivity contribution < 1.29 is 9.47 Å². The van der Waals surface area contributed by atoms with Crippen molar-refractivity contribution in [1.29, 1.82) is 0 Å². The van der Waals surface area contributed by atoms with E-state index in [0.717, 1.165) is 18.4 Å². The topological polar surface area (TPSA) is 44.2 Å². The number of unbranched alkanes of at least 4 members (excludes halogenated alkanes) is 3. The quantitative estimate of drug-likeness (QED) is 0.426. The Morgan fingerprint density at radius 3 is 2.64 bits per heavy atom. The van der Waals surface area contributed by atoms with E-state index in [-0.39, 0.29) is 16.5 Å². The maximum atomic E-state index is 5.95. The number of benzene rings is 1. The highest BCUT2D eigenvalue weighted by atomic mass is 35.5. The molecule has 1 atom stereocenters. The van der Waals surface area contributed by atoms with Crippen molar-refractivity contribution in [3.05, 3.63) is 41.6 Å². The van der Waals surface area contributed by atoms with Crippen LogP contribution in [0.15, 0.2) is 36.4 Å². The Balaban J connectivity index is 1.99. The van der Waals surface area contributed by atoms with Gasteiger partial charge in [-0.3, -0.25) is 0 Å². The lowest BCUT2D eigenvalue weighted by Gasteiger charge is -2.16. The Morgan fingerprint density at radius 1 is 1.16 bits per heavy atom. The molecule has 0 saturated heterocycles. The minimum atomic E-state index is 0.00907. The summed E-state index contributed by atoms with van der Waals surface area (Å²) in [6.45, 7) is 4.19. The molecule has 0 saturated carbocycles. The van der Waals surface area contributed by atoms with Gasteiger partial charge >= 0.3 is 5.24 Å². The molecule has 0 bridgehead atoms. The van der Waals surface area contributed by atoms with Gasteiger partial charge in [-0.05, 0) is 19.8 Å². The van der Waals surface area contributed by atoms with Crippen molar-refractivity contribution in [3.63, 3.8) is 0 Å². The molecule has 1 aromatic heterocycles. The molecule has 4 nitrogen and oxygen atoms in total. The number of thiocarbonyl (C=S) groups is 1. The molecule has 1 aromatic carbocycles. The van der Waals surface area contributed by atoms with Gasteiger partial charge in [0.25, 0.3) is 0 Å². The third kappa shape index (κ3) is 6.59. The van der Waals surface area contributed by atoms with Crippen LogP contribution in [0.4, 0.5) is 0 Å². The van der Waals surface area contributed by atoms with Crippen LogP contribution in [0.1, 0.15) is 46.0 Å². The van der Waals surface area contributed by atoms with Crippen molar-refractivity contribution in [2.24, 2.45) is 0 Å². The molecule has 1 heterocycles. The lowest BCUT2D eigenvalue weighted by atomic mass is 10.1. The Bertz CT molecular complexity index is 682. The van der Waals surface area contributed by atoms with Crippen molar-refractivity contribution in [2.45, 2.75) is 52.1 Å². The summed E-state index contributed by atoms with van der Waals surface area (Å²) in [6, 6.07) is 11.2. The van der Waals surface area contributed by atoms with Crippen LogP contribution in [0.2, 0.25) is 5.15 Å². The number of nitrogens with zero attached hydrogens (tertiary/aromatic N) is 2. The summed E-state index contributed by atoms with van der Waals surface area (Å²) in [6.07, 6.45) is 5.75. The second-order valence-electron chi connectivity index (χ2n) is 5.88. The predicted octanol–water partition coefficient (Wildman–Crippen LogP) is 5.84. The van der Waals surface area contributed by atoms with E-state index in [1.165, 1.54) is 19.3 Å². The molecule has 134 valence electrons. The monoisotopic (exact) mass is 378 g/mol. The highest BCUT2D eigenvalue weighted by Crippen LogP contribution is 2.29. The van der Waals surface area contributed by atoms with E-state index in [9.17, 15) is 0 Å². The maximum absolute atomic E-state index is 5.95. The second kappa shape index (κ2) is 10.3. The van der Waals surface area contributed by atoms with E-state index in [1.807, 2.05) is 37.3 Å². The predicted molar refractivity (Wildman–Crippen MR) is 105 cm³/mol. The molecule has 6 heteroatoms. The average molecular weight is 379 g/mol. The Labute approximate surface area is 159 Å². The SMILES string of the molecule is CCCCCCC(C)OC(=S)Oc1cc(Cl)nnc1-c1ccccc1. The number of halogens is 1. The number of ether oxygens (including phenoxy) is 2. The Hall–Kier alpha value is -1.72. The average Bonchev–Trinajstić information content (AvgIpc) is 2.59. The molecule has 0 spiro atoms. The zero-order valence-electron chi connectivity index (χ0n) is 14.6. The summed E-state index contributed by atoms with van der Waals surface area (Å²) < 4.78 is 11.4. The Kier molecular flexibility index (Phi) is 8.09. The molecule has 0 fully saturated rings. The zero-order chi connectivity index (χ0) is 18.1. The van der Waals surface area contributed by atoms with Gasteiger partial charge in [0.1, 0.15) is 11.8 Å². The van der Waals surface area contributed by atoms with Crippen LogP contribution in [0, 0.1) is 0 Å². The van der Waals surface area contributed by atoms with E-state index in [0.29, 0.717) is 11.4 Å². The van der Waals surface area contributed by atoms with Gasteiger partial charge in [0, 0.05) is 23.8 Å². The van der Waals surface area contributed by atoms with Crippen molar-refractivity contribution in [1.82, 2.24) is 10.2 Å². The molecular formula is C19H23ClN2O2S. The van der Waals surface area contributed by atoms with Gasteiger partial charge in [-0.1, -0.05) is 68.1 Å². The fourth-order valence-electron chi connectivity index (χ4n) is 2.42. The summed E-state index contributed by atoms with van der Waals surface area (Å²) >= 11 is 11.2. The van der Waals surface area contributed by atoms with Gasteiger partial charge in [0.15, 0.2) is 10.9 Å². The molecule has 0 amide bonds. The van der Waals surface area contributed by atoms with E-state index in [4.69, 9.17) is 33.3 Å². The number of aromatic nitrogens is 2. The van der Waals surface area contributed by atoms with E-state index in [1.54, 1.807) is 6.07 Å². The van der Waals surface area contributed by atoms with E-state index < -0.39 is 0 Å². The van der Waals surface area contributed by atoms with Gasteiger partial charge in [0.2, 0.25) is 0 Å². The first-order chi connectivity index (χ1) is 12.1. The highest BCUT2D eigenvalue weighted by Gasteiger charge is 2.15. The summed E-state index contributed by atoms with van der Waals surface area (Å²) in [5.74, 6) is 0.439. The fraction of sp³-hybridized carbons (Fsp3) is 0.421. The normalized spacial score (nSPS) is 11.8. The number of hydrogen-bond donors (Lipinski definition) is 0. The molecule has 0 aliphatic rings. The minimum absolute atomic E-state index is 0.00907. The van der Waals surface area contributed by atoms with E-state index in [2.05, 4.69) is 17.1 Å². The summed E-state index contributed by atoms with van der Waals surface area (Å²) in [5, 5.41) is 8.34. The van der Waals surface area contributed by atoms with Crippen LogP contribution in [-0.4, -0.2) is 21.5 Å². The summed E-state index contributed by atoms with van der Waals surface area (Å²) in [7, 11) is 0. The molecule has 1 unspecified atom stereocenters. The number of rotatable bonds is 8. The number of hydrogen-bond acceptors (Lipinski definition) is 5. The molecule has 2 aromatic rings. The summed E-state index contributed by atoms with van der Waals surface area (Å²) in [5.41, 5.74) is 1.45. The molecule has 0 aliphatic carbocycles. The van der Waals surface area contributed by atoms with Crippen LogP contribution < -0.4 is 4.74 Å². The van der Waals surface area contributed by atoms with Gasteiger partial charge in [-0.2, -0.15) is 0 Å². The third-order valence-corrected chi connectivity index (χ3v) is 4.10. The van der Waals surface area contributed by atoms with Gasteiger partial charge in [-0.25, -0.2) is 0 Å². The first-order valence-electron chi connectivity index (χ1n) is 8.57. The minimum Gasteiger partial charge on any atom is -0.454 e. The van der Waals surface area contributed by atoms with Crippen molar-refractivity contribution in [2.75, 3.05) is 0 Å².